The van der Waals surface area contributed by atoms with Gasteiger partial charge in [-0.15, -0.1) is 0 Å². The number of rotatable bonds is 3. The van der Waals surface area contributed by atoms with Gasteiger partial charge in [0.25, 0.3) is 0 Å². The molecule has 1 aromatic carbocycles. The maximum absolute atomic E-state index is 9.48. The molecule has 0 aromatic heterocycles. The molecule has 3 rings (SSSR count). The van der Waals surface area contributed by atoms with E-state index >= 15 is 0 Å². The van der Waals surface area contributed by atoms with Gasteiger partial charge < -0.3 is 10.4 Å². The van der Waals surface area contributed by atoms with Gasteiger partial charge in [-0.2, -0.15) is 0 Å². The largest absolute Gasteiger partial charge is 0.506 e. The van der Waals surface area contributed by atoms with Crippen LogP contribution in [0.15, 0.2) is 18.2 Å². The highest BCUT2D eigenvalue weighted by Gasteiger charge is 2.28. The number of piperidine rings is 1. The van der Waals surface area contributed by atoms with Crippen LogP contribution < -0.4 is 5.32 Å². The quantitative estimate of drug-likeness (QED) is 0.899. The van der Waals surface area contributed by atoms with Crippen molar-refractivity contribution in [2.75, 3.05) is 19.6 Å². The van der Waals surface area contributed by atoms with Crippen LogP contribution in [0.5, 0.6) is 5.75 Å². The van der Waals surface area contributed by atoms with Crippen LogP contribution in [0, 0.1) is 5.92 Å². The maximum Gasteiger partial charge on any atom is 0.134 e. The molecule has 110 valence electrons. The summed E-state index contributed by atoms with van der Waals surface area (Å²) in [5, 5.41) is 13.6. The second kappa shape index (κ2) is 6.33. The van der Waals surface area contributed by atoms with Crippen molar-refractivity contribution in [1.82, 2.24) is 10.2 Å². The number of aromatic hydroxyl groups is 1. The molecule has 2 heterocycles. The summed E-state index contributed by atoms with van der Waals surface area (Å²) in [6, 6.07) is 6.27. The molecular formula is C16H23ClN2O. The summed E-state index contributed by atoms with van der Waals surface area (Å²) >= 11 is 5.99. The van der Waals surface area contributed by atoms with E-state index in [9.17, 15) is 5.11 Å². The molecule has 2 fully saturated rings. The molecule has 2 saturated heterocycles. The first-order valence-corrected chi connectivity index (χ1v) is 8.03. The number of hydrogen-bond donors (Lipinski definition) is 2. The molecule has 0 aliphatic carbocycles. The topological polar surface area (TPSA) is 35.5 Å². The standard InChI is InChI=1S/C16H23ClN2O/c17-14-9-12(5-6-16(14)20)10-19-8-2-3-13(11-19)15-4-1-7-18-15/h5-6,9,13,15,18,20H,1-4,7-8,10-11H2. The van der Waals surface area contributed by atoms with Crippen LogP contribution >= 0.6 is 11.6 Å². The Morgan fingerprint density at radius 2 is 2.20 bits per heavy atom. The summed E-state index contributed by atoms with van der Waals surface area (Å²) in [5.41, 5.74) is 1.19. The first kappa shape index (κ1) is 14.2. The monoisotopic (exact) mass is 294 g/mol. The highest BCUT2D eigenvalue weighted by molar-refractivity contribution is 6.32. The number of phenols is 1. The normalized spacial score (nSPS) is 27.9. The summed E-state index contributed by atoms with van der Waals surface area (Å²) in [6.45, 7) is 4.47. The van der Waals surface area contributed by atoms with E-state index in [1.165, 1.54) is 50.9 Å². The highest BCUT2D eigenvalue weighted by atomic mass is 35.5. The van der Waals surface area contributed by atoms with E-state index in [1.54, 1.807) is 6.07 Å². The molecule has 0 spiro atoms. The van der Waals surface area contributed by atoms with E-state index in [-0.39, 0.29) is 5.75 Å². The molecule has 3 nitrogen and oxygen atoms in total. The smallest absolute Gasteiger partial charge is 0.134 e. The minimum atomic E-state index is 0.169. The lowest BCUT2D eigenvalue weighted by atomic mass is 9.89. The number of nitrogens with zero attached hydrogens (tertiary/aromatic N) is 1. The molecular weight excluding hydrogens is 272 g/mol. The van der Waals surface area contributed by atoms with Gasteiger partial charge in [-0.1, -0.05) is 17.7 Å². The molecule has 4 heteroatoms. The summed E-state index contributed by atoms with van der Waals surface area (Å²) in [5.74, 6) is 0.959. The van der Waals surface area contributed by atoms with Gasteiger partial charge in [-0.3, -0.25) is 4.90 Å². The van der Waals surface area contributed by atoms with E-state index in [1.807, 2.05) is 12.1 Å². The lowest BCUT2D eigenvalue weighted by molar-refractivity contribution is 0.145. The minimum absolute atomic E-state index is 0.169. The van der Waals surface area contributed by atoms with Crippen LogP contribution in [-0.4, -0.2) is 35.7 Å². The SMILES string of the molecule is Oc1ccc(CN2CCCC(C3CCCN3)C2)cc1Cl. The fraction of sp³-hybridized carbons (Fsp3) is 0.625. The Bertz CT molecular complexity index is 460. The highest BCUT2D eigenvalue weighted by Crippen LogP contribution is 2.27. The van der Waals surface area contributed by atoms with Crippen molar-refractivity contribution in [1.29, 1.82) is 0 Å². The Kier molecular flexibility index (Phi) is 4.49. The van der Waals surface area contributed by atoms with Crippen LogP contribution in [-0.2, 0) is 6.54 Å². The average molecular weight is 295 g/mol. The lowest BCUT2D eigenvalue weighted by Crippen LogP contribution is -2.43. The van der Waals surface area contributed by atoms with Crippen molar-refractivity contribution >= 4 is 11.6 Å². The third-order valence-electron chi connectivity index (χ3n) is 4.63. The molecule has 0 saturated carbocycles. The third-order valence-corrected chi connectivity index (χ3v) is 4.93. The fourth-order valence-corrected chi connectivity index (χ4v) is 3.79. The van der Waals surface area contributed by atoms with E-state index in [4.69, 9.17) is 11.6 Å². The molecule has 2 atom stereocenters. The summed E-state index contributed by atoms with van der Waals surface area (Å²) in [7, 11) is 0. The average Bonchev–Trinajstić information content (AvgIpc) is 2.97. The molecule has 20 heavy (non-hydrogen) atoms. The number of halogens is 1. The Hall–Kier alpha value is -0.770. The first-order chi connectivity index (χ1) is 9.72. The zero-order chi connectivity index (χ0) is 13.9. The van der Waals surface area contributed by atoms with Crippen molar-refractivity contribution in [3.63, 3.8) is 0 Å². The van der Waals surface area contributed by atoms with Crippen molar-refractivity contribution in [2.45, 2.75) is 38.3 Å². The predicted molar refractivity (Wildman–Crippen MR) is 82.1 cm³/mol. The Morgan fingerprint density at radius 1 is 1.30 bits per heavy atom. The molecule has 0 amide bonds. The Labute approximate surface area is 125 Å². The van der Waals surface area contributed by atoms with Gasteiger partial charge in [-0.25, -0.2) is 0 Å². The van der Waals surface area contributed by atoms with Crippen LogP contribution in [0.1, 0.15) is 31.2 Å². The van der Waals surface area contributed by atoms with E-state index in [0.717, 1.165) is 18.5 Å². The van der Waals surface area contributed by atoms with Crippen LogP contribution in [0.2, 0.25) is 5.02 Å². The van der Waals surface area contributed by atoms with Crippen molar-refractivity contribution < 1.29 is 5.11 Å². The van der Waals surface area contributed by atoms with E-state index in [2.05, 4.69) is 10.2 Å². The molecule has 2 aliphatic heterocycles. The molecule has 2 unspecified atom stereocenters. The van der Waals surface area contributed by atoms with Gasteiger partial charge in [0.2, 0.25) is 0 Å². The Balaban J connectivity index is 1.60. The zero-order valence-electron chi connectivity index (χ0n) is 11.8. The molecule has 2 aliphatic rings. The van der Waals surface area contributed by atoms with Gasteiger partial charge in [0.05, 0.1) is 5.02 Å². The number of phenolic OH excluding ortho intramolecular Hbond substituents is 1. The van der Waals surface area contributed by atoms with Crippen LogP contribution in [0.3, 0.4) is 0 Å². The second-order valence-electron chi connectivity index (χ2n) is 6.13. The number of nitrogens with one attached hydrogen (secondary N) is 1. The van der Waals surface area contributed by atoms with Gasteiger partial charge in [0.1, 0.15) is 5.75 Å². The summed E-state index contributed by atoms with van der Waals surface area (Å²) in [4.78, 5) is 2.52. The molecule has 0 bridgehead atoms. The lowest BCUT2D eigenvalue weighted by Gasteiger charge is -2.35. The van der Waals surface area contributed by atoms with Crippen LogP contribution in [0.4, 0.5) is 0 Å². The number of hydrogen-bond acceptors (Lipinski definition) is 3. The van der Waals surface area contributed by atoms with Crippen molar-refractivity contribution in [3.8, 4) is 5.75 Å². The summed E-state index contributed by atoms with van der Waals surface area (Å²) < 4.78 is 0. The number of benzene rings is 1. The zero-order valence-corrected chi connectivity index (χ0v) is 12.6. The second-order valence-corrected chi connectivity index (χ2v) is 6.53. The number of likely N-dealkylation sites (tertiary alicyclic amines) is 1. The van der Waals surface area contributed by atoms with Gasteiger partial charge >= 0.3 is 0 Å². The van der Waals surface area contributed by atoms with E-state index in [0.29, 0.717) is 5.02 Å². The van der Waals surface area contributed by atoms with Gasteiger partial charge in [0, 0.05) is 19.1 Å². The maximum atomic E-state index is 9.48. The first-order valence-electron chi connectivity index (χ1n) is 7.65. The minimum Gasteiger partial charge on any atom is -0.506 e. The van der Waals surface area contributed by atoms with Crippen molar-refractivity contribution in [2.24, 2.45) is 5.92 Å². The summed E-state index contributed by atoms with van der Waals surface area (Å²) in [6.07, 6.45) is 5.30. The molecule has 0 radical (unpaired) electrons. The molecule has 2 N–H and O–H groups in total. The third kappa shape index (κ3) is 3.27. The van der Waals surface area contributed by atoms with E-state index < -0.39 is 0 Å². The van der Waals surface area contributed by atoms with Crippen molar-refractivity contribution in [3.05, 3.63) is 28.8 Å². The Morgan fingerprint density at radius 3 is 2.95 bits per heavy atom. The van der Waals surface area contributed by atoms with Gasteiger partial charge in [-0.05, 0) is 62.4 Å². The van der Waals surface area contributed by atoms with Gasteiger partial charge in [0.15, 0.2) is 0 Å². The predicted octanol–water partition coefficient (Wildman–Crippen LogP) is 3.01. The molecule has 1 aromatic rings. The van der Waals surface area contributed by atoms with Crippen LogP contribution in [0.25, 0.3) is 0 Å². The fourth-order valence-electron chi connectivity index (χ4n) is 3.58.